The minimum absolute atomic E-state index is 0.484. The van der Waals surface area contributed by atoms with E-state index >= 15 is 0 Å². The van der Waals surface area contributed by atoms with E-state index in [-0.39, 0.29) is 0 Å². The van der Waals surface area contributed by atoms with Gasteiger partial charge in [-0.25, -0.2) is 5.84 Å². The molecule has 1 aliphatic heterocycles. The quantitative estimate of drug-likeness (QED) is 0.262. The first-order chi connectivity index (χ1) is 9.10. The molecule has 1 heterocycles. The van der Waals surface area contributed by atoms with Gasteiger partial charge in [0, 0.05) is 32.3 Å². The summed E-state index contributed by atoms with van der Waals surface area (Å²) in [6, 6.07) is 0.484. The molecule has 3 atom stereocenters. The fourth-order valence-corrected chi connectivity index (χ4v) is 2.71. The molecule has 112 valence electrons. The summed E-state index contributed by atoms with van der Waals surface area (Å²) >= 11 is 0. The summed E-state index contributed by atoms with van der Waals surface area (Å²) in [6.45, 7) is 12.2. The highest BCUT2D eigenvalue weighted by molar-refractivity contribution is 5.79. The van der Waals surface area contributed by atoms with E-state index in [2.05, 4.69) is 36.1 Å². The molecule has 0 saturated carbocycles. The maximum absolute atomic E-state index is 5.64. The van der Waals surface area contributed by atoms with E-state index in [1.54, 1.807) is 0 Å². The van der Waals surface area contributed by atoms with Crippen LogP contribution in [0.15, 0.2) is 4.99 Å². The summed E-state index contributed by atoms with van der Waals surface area (Å²) in [5.74, 6) is 7.83. The van der Waals surface area contributed by atoms with E-state index in [1.165, 1.54) is 6.42 Å². The molecule has 0 bridgehead atoms. The molecule has 0 aromatic carbocycles. The van der Waals surface area contributed by atoms with Gasteiger partial charge >= 0.3 is 0 Å². The van der Waals surface area contributed by atoms with Crippen molar-refractivity contribution < 1.29 is 4.74 Å². The first-order valence-electron chi connectivity index (χ1n) is 7.45. The van der Waals surface area contributed by atoms with E-state index < -0.39 is 0 Å². The minimum atomic E-state index is 0.484. The molecule has 0 radical (unpaired) electrons. The van der Waals surface area contributed by atoms with Crippen LogP contribution in [0, 0.1) is 11.8 Å². The third-order valence-corrected chi connectivity index (χ3v) is 3.91. The fraction of sp³-hybridized carbons (Fsp3) is 0.929. The number of aliphatic imine (C=N–C) groups is 1. The van der Waals surface area contributed by atoms with E-state index in [1.807, 2.05) is 6.92 Å². The molecule has 5 nitrogen and oxygen atoms in total. The molecule has 1 saturated heterocycles. The highest BCUT2D eigenvalue weighted by Gasteiger charge is 2.30. The predicted octanol–water partition coefficient (Wildman–Crippen LogP) is 1.60. The second-order valence-corrected chi connectivity index (χ2v) is 5.61. The third kappa shape index (κ3) is 4.99. The van der Waals surface area contributed by atoms with Gasteiger partial charge in [-0.1, -0.05) is 13.8 Å². The number of hydrogen-bond acceptors (Lipinski definition) is 3. The van der Waals surface area contributed by atoms with Crippen molar-refractivity contribution in [3.05, 3.63) is 0 Å². The highest BCUT2D eigenvalue weighted by atomic mass is 16.5. The summed E-state index contributed by atoms with van der Waals surface area (Å²) in [5, 5.41) is 0. The number of guanidine groups is 1. The number of ether oxygens (including phenoxy) is 1. The van der Waals surface area contributed by atoms with Gasteiger partial charge in [-0.15, -0.1) is 0 Å². The number of nitrogens with one attached hydrogen (secondary N) is 1. The monoisotopic (exact) mass is 270 g/mol. The number of hydrazine groups is 1. The van der Waals surface area contributed by atoms with Crippen LogP contribution in [0.3, 0.4) is 0 Å². The molecule has 1 rings (SSSR count). The van der Waals surface area contributed by atoms with Gasteiger partial charge in [0.25, 0.3) is 0 Å². The molecule has 3 N–H and O–H groups in total. The lowest BCUT2D eigenvalue weighted by atomic mass is 9.86. The van der Waals surface area contributed by atoms with Crippen LogP contribution in [0.5, 0.6) is 0 Å². The Hall–Kier alpha value is -0.810. The lowest BCUT2D eigenvalue weighted by Gasteiger charge is -2.42. The Balaban J connectivity index is 2.54. The number of piperidine rings is 1. The van der Waals surface area contributed by atoms with Gasteiger partial charge in [-0.05, 0) is 38.5 Å². The topological polar surface area (TPSA) is 62.9 Å². The molecule has 19 heavy (non-hydrogen) atoms. The van der Waals surface area contributed by atoms with Crippen molar-refractivity contribution in [2.45, 2.75) is 46.6 Å². The Morgan fingerprint density at radius 2 is 2.16 bits per heavy atom. The molecule has 0 aromatic rings. The summed E-state index contributed by atoms with van der Waals surface area (Å²) in [4.78, 5) is 6.89. The number of nitrogens with two attached hydrogens (primary N) is 1. The van der Waals surface area contributed by atoms with Crippen molar-refractivity contribution in [3.63, 3.8) is 0 Å². The first kappa shape index (κ1) is 16.2. The largest absolute Gasteiger partial charge is 0.382 e. The Morgan fingerprint density at radius 1 is 1.42 bits per heavy atom. The van der Waals surface area contributed by atoms with Crippen LogP contribution in [0.4, 0.5) is 0 Å². The maximum Gasteiger partial charge on any atom is 0.208 e. The van der Waals surface area contributed by atoms with Crippen LogP contribution in [0.2, 0.25) is 0 Å². The Bertz CT molecular complexity index is 283. The number of rotatable bonds is 5. The SMILES string of the molecule is CCOCCCN=C(NN)N1CC(C)CC(C)C1C. The van der Waals surface area contributed by atoms with Crippen molar-refractivity contribution in [1.82, 2.24) is 10.3 Å². The van der Waals surface area contributed by atoms with Crippen LogP contribution in [-0.2, 0) is 4.74 Å². The Morgan fingerprint density at radius 3 is 2.79 bits per heavy atom. The minimum Gasteiger partial charge on any atom is -0.382 e. The molecule has 1 fully saturated rings. The Labute approximate surface area is 117 Å². The van der Waals surface area contributed by atoms with Gasteiger partial charge in [-0.3, -0.25) is 10.4 Å². The van der Waals surface area contributed by atoms with Crippen molar-refractivity contribution in [2.75, 3.05) is 26.3 Å². The Kier molecular flexibility index (Phi) is 7.16. The average Bonchev–Trinajstić information content (AvgIpc) is 2.38. The molecule has 0 spiro atoms. The van der Waals surface area contributed by atoms with Gasteiger partial charge in [-0.2, -0.15) is 0 Å². The maximum atomic E-state index is 5.64. The lowest BCUT2D eigenvalue weighted by molar-refractivity contribution is 0.140. The third-order valence-electron chi connectivity index (χ3n) is 3.91. The number of likely N-dealkylation sites (tertiary alicyclic amines) is 1. The van der Waals surface area contributed by atoms with Gasteiger partial charge in [0.15, 0.2) is 0 Å². The molecule has 5 heteroatoms. The number of hydrogen-bond donors (Lipinski definition) is 2. The van der Waals surface area contributed by atoms with Gasteiger partial charge in [0.1, 0.15) is 0 Å². The van der Waals surface area contributed by atoms with Crippen molar-refractivity contribution in [3.8, 4) is 0 Å². The zero-order valence-electron chi connectivity index (χ0n) is 12.9. The normalized spacial score (nSPS) is 28.6. The molecule has 3 unspecified atom stereocenters. The molecular formula is C14H30N4O. The highest BCUT2D eigenvalue weighted by Crippen LogP contribution is 2.26. The molecule has 1 aliphatic rings. The standard InChI is InChI=1S/C14H30N4O/c1-5-19-8-6-7-16-14(17-15)18-10-11(2)9-12(3)13(18)4/h11-13H,5-10,15H2,1-4H3,(H,16,17). The summed E-state index contributed by atoms with van der Waals surface area (Å²) in [5.41, 5.74) is 2.77. The van der Waals surface area contributed by atoms with Crippen LogP contribution in [0.1, 0.15) is 40.5 Å². The van der Waals surface area contributed by atoms with Crippen molar-refractivity contribution >= 4 is 5.96 Å². The van der Waals surface area contributed by atoms with E-state index in [9.17, 15) is 0 Å². The molecule has 0 aliphatic carbocycles. The summed E-state index contributed by atoms with van der Waals surface area (Å²) < 4.78 is 5.32. The van der Waals surface area contributed by atoms with E-state index in [4.69, 9.17) is 10.6 Å². The zero-order valence-corrected chi connectivity index (χ0v) is 12.9. The second-order valence-electron chi connectivity index (χ2n) is 5.61. The summed E-state index contributed by atoms with van der Waals surface area (Å²) in [7, 11) is 0. The predicted molar refractivity (Wildman–Crippen MR) is 79.8 cm³/mol. The van der Waals surface area contributed by atoms with Crippen molar-refractivity contribution in [1.29, 1.82) is 0 Å². The molecule has 0 amide bonds. The first-order valence-corrected chi connectivity index (χ1v) is 7.45. The van der Waals surface area contributed by atoms with E-state index in [0.717, 1.165) is 38.7 Å². The van der Waals surface area contributed by atoms with Crippen molar-refractivity contribution in [2.24, 2.45) is 22.7 Å². The van der Waals surface area contributed by atoms with Crippen LogP contribution in [-0.4, -0.2) is 43.2 Å². The zero-order chi connectivity index (χ0) is 14.3. The lowest BCUT2D eigenvalue weighted by Crippen LogP contribution is -2.55. The van der Waals surface area contributed by atoms with Crippen LogP contribution in [0.25, 0.3) is 0 Å². The molecular weight excluding hydrogens is 240 g/mol. The second kappa shape index (κ2) is 8.38. The smallest absolute Gasteiger partial charge is 0.208 e. The van der Waals surface area contributed by atoms with Gasteiger partial charge in [0.05, 0.1) is 0 Å². The van der Waals surface area contributed by atoms with Crippen LogP contribution < -0.4 is 11.3 Å². The van der Waals surface area contributed by atoms with Crippen LogP contribution >= 0.6 is 0 Å². The summed E-state index contributed by atoms with van der Waals surface area (Å²) in [6.07, 6.45) is 2.21. The van der Waals surface area contributed by atoms with Gasteiger partial charge < -0.3 is 9.64 Å². The molecule has 0 aromatic heterocycles. The fourth-order valence-electron chi connectivity index (χ4n) is 2.71. The average molecular weight is 270 g/mol. The van der Waals surface area contributed by atoms with E-state index in [0.29, 0.717) is 17.9 Å². The number of nitrogens with zero attached hydrogens (tertiary/aromatic N) is 2. The van der Waals surface area contributed by atoms with Gasteiger partial charge in [0.2, 0.25) is 5.96 Å².